The first kappa shape index (κ1) is 13.5. The Kier molecular flexibility index (Phi) is 4.16. The van der Waals surface area contributed by atoms with E-state index in [-0.39, 0.29) is 23.1 Å². The Labute approximate surface area is 111 Å². The molecule has 2 rings (SSSR count). The second kappa shape index (κ2) is 5.84. The fourth-order valence-electron chi connectivity index (χ4n) is 2.21. The van der Waals surface area contributed by atoms with Crippen molar-refractivity contribution in [3.05, 3.63) is 35.4 Å². The molecule has 1 N–H and O–H groups in total. The van der Waals surface area contributed by atoms with E-state index < -0.39 is 5.97 Å². The number of carbonyl (C=O) groups excluding carboxylic acids is 1. The lowest BCUT2D eigenvalue weighted by molar-refractivity contribution is 0.0557. The summed E-state index contributed by atoms with van der Waals surface area (Å²) in [5.41, 5.74) is 0.286. The van der Waals surface area contributed by atoms with E-state index in [1.165, 1.54) is 6.07 Å². The van der Waals surface area contributed by atoms with Crippen LogP contribution >= 0.6 is 0 Å². The van der Waals surface area contributed by atoms with Crippen LogP contribution in [0.3, 0.4) is 0 Å². The van der Waals surface area contributed by atoms with Gasteiger partial charge in [0.1, 0.15) is 0 Å². The molecule has 0 aromatic heterocycles. The molecule has 5 nitrogen and oxygen atoms in total. The van der Waals surface area contributed by atoms with Crippen molar-refractivity contribution < 1.29 is 19.4 Å². The molecule has 1 amide bonds. The summed E-state index contributed by atoms with van der Waals surface area (Å²) in [6, 6.07) is 6.31. The van der Waals surface area contributed by atoms with E-state index in [4.69, 9.17) is 9.84 Å². The Bertz CT molecular complexity index is 486. The molecule has 102 valence electrons. The predicted molar refractivity (Wildman–Crippen MR) is 69.3 cm³/mol. The van der Waals surface area contributed by atoms with Crippen molar-refractivity contribution >= 4 is 11.9 Å². The van der Waals surface area contributed by atoms with E-state index in [1.807, 2.05) is 6.92 Å². The maximum Gasteiger partial charge on any atom is 0.336 e. The van der Waals surface area contributed by atoms with Crippen LogP contribution in [0.15, 0.2) is 24.3 Å². The lowest BCUT2D eigenvalue weighted by Crippen LogP contribution is -2.36. The van der Waals surface area contributed by atoms with Crippen LogP contribution in [0.2, 0.25) is 0 Å². The normalized spacial score (nSPS) is 19.8. The molecule has 0 radical (unpaired) electrons. The molecule has 0 aliphatic carbocycles. The minimum atomic E-state index is -1.08. The minimum absolute atomic E-state index is 0.0246. The van der Waals surface area contributed by atoms with Gasteiger partial charge in [-0.05, 0) is 25.5 Å². The highest BCUT2D eigenvalue weighted by Crippen LogP contribution is 2.15. The third-order valence-corrected chi connectivity index (χ3v) is 3.13. The summed E-state index contributed by atoms with van der Waals surface area (Å²) in [4.78, 5) is 25.2. The first-order valence-corrected chi connectivity index (χ1v) is 6.33. The number of carboxylic acid groups (broad SMARTS) is 1. The van der Waals surface area contributed by atoms with Crippen molar-refractivity contribution in [3.8, 4) is 0 Å². The molecule has 1 aromatic carbocycles. The number of hydrogen-bond donors (Lipinski definition) is 1. The molecule has 1 aliphatic heterocycles. The number of amides is 1. The number of hydrogen-bond acceptors (Lipinski definition) is 3. The van der Waals surface area contributed by atoms with Gasteiger partial charge in [0.05, 0.1) is 17.2 Å². The van der Waals surface area contributed by atoms with Crippen molar-refractivity contribution in [1.82, 2.24) is 4.90 Å². The van der Waals surface area contributed by atoms with Gasteiger partial charge in [-0.2, -0.15) is 0 Å². The summed E-state index contributed by atoms with van der Waals surface area (Å²) in [7, 11) is 0. The summed E-state index contributed by atoms with van der Waals surface area (Å²) >= 11 is 0. The fraction of sp³-hybridized carbons (Fsp3) is 0.429. The molecule has 1 aliphatic rings. The Balaban J connectivity index is 2.25. The highest BCUT2D eigenvalue weighted by atomic mass is 16.5. The van der Waals surface area contributed by atoms with Crippen molar-refractivity contribution in [2.75, 3.05) is 19.7 Å². The van der Waals surface area contributed by atoms with Gasteiger partial charge in [-0.25, -0.2) is 4.79 Å². The van der Waals surface area contributed by atoms with Gasteiger partial charge < -0.3 is 14.7 Å². The van der Waals surface area contributed by atoms with Crippen LogP contribution in [-0.4, -0.2) is 47.7 Å². The largest absolute Gasteiger partial charge is 0.478 e. The van der Waals surface area contributed by atoms with Gasteiger partial charge in [0, 0.05) is 19.7 Å². The molecular weight excluding hydrogens is 246 g/mol. The zero-order valence-corrected chi connectivity index (χ0v) is 10.8. The number of carbonyl (C=O) groups is 2. The maximum atomic E-state index is 12.4. The standard InChI is InChI=1S/C14H17NO4/c1-10-9-15(7-4-8-19-10)13(16)11-5-2-3-6-12(11)14(17)18/h2-3,5-6,10H,4,7-9H2,1H3,(H,17,18). The Hall–Kier alpha value is -1.88. The zero-order chi connectivity index (χ0) is 13.8. The number of nitrogens with zero attached hydrogens (tertiary/aromatic N) is 1. The monoisotopic (exact) mass is 263 g/mol. The topological polar surface area (TPSA) is 66.8 Å². The lowest BCUT2D eigenvalue weighted by atomic mass is 10.1. The zero-order valence-electron chi connectivity index (χ0n) is 10.8. The highest BCUT2D eigenvalue weighted by Gasteiger charge is 2.24. The molecule has 1 unspecified atom stereocenters. The van der Waals surface area contributed by atoms with Crippen molar-refractivity contribution in [2.45, 2.75) is 19.4 Å². The van der Waals surface area contributed by atoms with Gasteiger partial charge in [0.15, 0.2) is 0 Å². The molecule has 0 spiro atoms. The first-order chi connectivity index (χ1) is 9.09. The van der Waals surface area contributed by atoms with Crippen LogP contribution in [0, 0.1) is 0 Å². The lowest BCUT2D eigenvalue weighted by Gasteiger charge is -2.22. The van der Waals surface area contributed by atoms with Crippen LogP contribution in [0.4, 0.5) is 0 Å². The highest BCUT2D eigenvalue weighted by molar-refractivity contribution is 6.04. The summed E-state index contributed by atoms with van der Waals surface area (Å²) in [6.45, 7) is 3.63. The Morgan fingerprint density at radius 1 is 1.32 bits per heavy atom. The Morgan fingerprint density at radius 3 is 2.68 bits per heavy atom. The summed E-state index contributed by atoms with van der Waals surface area (Å²) < 4.78 is 5.49. The third kappa shape index (κ3) is 3.12. The minimum Gasteiger partial charge on any atom is -0.478 e. The van der Waals surface area contributed by atoms with Gasteiger partial charge in [-0.1, -0.05) is 12.1 Å². The molecular formula is C14H17NO4. The van der Waals surface area contributed by atoms with E-state index in [0.29, 0.717) is 19.7 Å². The second-order valence-corrected chi connectivity index (χ2v) is 4.64. The number of rotatable bonds is 2. The molecule has 1 heterocycles. The quantitative estimate of drug-likeness (QED) is 0.880. The van der Waals surface area contributed by atoms with Gasteiger partial charge >= 0.3 is 5.97 Å². The summed E-state index contributed by atoms with van der Waals surface area (Å²) in [5.74, 6) is -1.32. The van der Waals surface area contributed by atoms with Crippen LogP contribution in [0.1, 0.15) is 34.1 Å². The predicted octanol–water partition coefficient (Wildman–Crippen LogP) is 1.64. The van der Waals surface area contributed by atoms with Crippen LogP contribution in [-0.2, 0) is 4.74 Å². The van der Waals surface area contributed by atoms with E-state index in [2.05, 4.69) is 0 Å². The van der Waals surface area contributed by atoms with E-state index >= 15 is 0 Å². The average molecular weight is 263 g/mol. The molecule has 1 atom stereocenters. The number of ether oxygens (including phenoxy) is 1. The SMILES string of the molecule is CC1CN(C(=O)c2ccccc2C(=O)O)CCCO1. The molecule has 0 saturated carbocycles. The van der Waals surface area contributed by atoms with Crippen molar-refractivity contribution in [1.29, 1.82) is 0 Å². The molecule has 1 fully saturated rings. The number of benzene rings is 1. The average Bonchev–Trinajstić information content (AvgIpc) is 2.62. The smallest absolute Gasteiger partial charge is 0.336 e. The van der Waals surface area contributed by atoms with Crippen molar-refractivity contribution in [3.63, 3.8) is 0 Å². The third-order valence-electron chi connectivity index (χ3n) is 3.13. The Morgan fingerprint density at radius 2 is 2.00 bits per heavy atom. The molecule has 5 heteroatoms. The van der Waals surface area contributed by atoms with Gasteiger partial charge in [-0.3, -0.25) is 4.79 Å². The molecule has 1 aromatic rings. The molecule has 0 bridgehead atoms. The van der Waals surface area contributed by atoms with Crippen LogP contribution < -0.4 is 0 Å². The fourth-order valence-corrected chi connectivity index (χ4v) is 2.21. The number of carboxylic acids is 1. The maximum absolute atomic E-state index is 12.4. The van der Waals surface area contributed by atoms with E-state index in [9.17, 15) is 9.59 Å². The summed E-state index contributed by atoms with van der Waals surface area (Å²) in [6.07, 6.45) is 0.745. The molecule has 1 saturated heterocycles. The van der Waals surface area contributed by atoms with E-state index in [0.717, 1.165) is 6.42 Å². The van der Waals surface area contributed by atoms with Crippen molar-refractivity contribution in [2.24, 2.45) is 0 Å². The van der Waals surface area contributed by atoms with Gasteiger partial charge in [-0.15, -0.1) is 0 Å². The van der Waals surface area contributed by atoms with Gasteiger partial charge in [0.2, 0.25) is 0 Å². The van der Waals surface area contributed by atoms with Crippen LogP contribution in [0.5, 0.6) is 0 Å². The first-order valence-electron chi connectivity index (χ1n) is 6.33. The number of aromatic carboxylic acids is 1. The van der Waals surface area contributed by atoms with E-state index in [1.54, 1.807) is 23.1 Å². The van der Waals surface area contributed by atoms with Gasteiger partial charge in [0.25, 0.3) is 5.91 Å². The molecule has 19 heavy (non-hydrogen) atoms. The summed E-state index contributed by atoms with van der Waals surface area (Å²) in [5, 5.41) is 9.13. The van der Waals surface area contributed by atoms with Crippen LogP contribution in [0.25, 0.3) is 0 Å². The second-order valence-electron chi connectivity index (χ2n) is 4.64.